The smallest absolute Gasteiger partial charge is 0.330 e. The highest BCUT2D eigenvalue weighted by atomic mass is 32.2. The first kappa shape index (κ1) is 16.5. The molecule has 7 nitrogen and oxygen atoms in total. The van der Waals surface area contributed by atoms with Gasteiger partial charge >= 0.3 is 5.97 Å². The second-order valence-electron chi connectivity index (χ2n) is 5.80. The molecule has 0 radical (unpaired) electrons. The van der Waals surface area contributed by atoms with Gasteiger partial charge in [0.05, 0.1) is 0 Å². The summed E-state index contributed by atoms with van der Waals surface area (Å²) in [6, 6.07) is 7.81. The van der Waals surface area contributed by atoms with Crippen LogP contribution in [0, 0.1) is 11.3 Å². The van der Waals surface area contributed by atoms with Crippen molar-refractivity contribution in [2.45, 2.75) is 43.2 Å². The summed E-state index contributed by atoms with van der Waals surface area (Å²) < 4.78 is 33.5. The number of ether oxygens (including phenoxy) is 1. The van der Waals surface area contributed by atoms with Crippen LogP contribution < -0.4 is 0 Å². The van der Waals surface area contributed by atoms with Gasteiger partial charge in [0.1, 0.15) is 17.0 Å². The molecule has 0 amide bonds. The third-order valence-corrected chi connectivity index (χ3v) is 5.46. The van der Waals surface area contributed by atoms with Crippen LogP contribution >= 0.6 is 0 Å². The zero-order valence-electron chi connectivity index (χ0n) is 13.2. The van der Waals surface area contributed by atoms with Gasteiger partial charge in [0.25, 0.3) is 10.0 Å². The highest BCUT2D eigenvalue weighted by molar-refractivity contribution is 7.90. The van der Waals surface area contributed by atoms with Gasteiger partial charge in [0, 0.05) is 12.1 Å². The number of hydrogen-bond acceptors (Lipinski definition) is 6. The molecule has 8 heteroatoms. The Morgan fingerprint density at radius 1 is 1.42 bits per heavy atom. The van der Waals surface area contributed by atoms with Gasteiger partial charge in [-0.15, -0.1) is 4.40 Å². The minimum Gasteiger partial charge on any atom is -0.446 e. The summed E-state index contributed by atoms with van der Waals surface area (Å²) >= 11 is 0. The number of rotatable bonds is 2. The van der Waals surface area contributed by atoms with Gasteiger partial charge in [0.2, 0.25) is 0 Å². The molecule has 2 atom stereocenters. The Bertz CT molecular complexity index is 841. The van der Waals surface area contributed by atoms with Crippen LogP contribution in [0.4, 0.5) is 0 Å². The first-order valence-electron chi connectivity index (χ1n) is 7.75. The second kappa shape index (κ2) is 6.24. The SMILES string of the molecule is C[C@@H](C#N)OC(=O)[C@H]1CCCCN1C1=NS(=O)(=O)c2ccccc21. The number of sulfonamides is 1. The van der Waals surface area contributed by atoms with E-state index in [1.54, 1.807) is 23.1 Å². The number of piperidine rings is 1. The van der Waals surface area contributed by atoms with Crippen molar-refractivity contribution in [3.05, 3.63) is 29.8 Å². The number of hydrogen-bond donors (Lipinski definition) is 0. The van der Waals surface area contributed by atoms with Gasteiger partial charge in [0.15, 0.2) is 11.9 Å². The van der Waals surface area contributed by atoms with E-state index < -0.39 is 28.1 Å². The molecule has 3 rings (SSSR count). The molecule has 0 aliphatic carbocycles. The molecule has 0 aromatic heterocycles. The van der Waals surface area contributed by atoms with Crippen LogP contribution in [0.1, 0.15) is 31.7 Å². The van der Waals surface area contributed by atoms with Gasteiger partial charge in [-0.1, -0.05) is 12.1 Å². The molecule has 0 saturated carbocycles. The van der Waals surface area contributed by atoms with Crippen molar-refractivity contribution in [3.8, 4) is 6.07 Å². The quantitative estimate of drug-likeness (QED) is 0.751. The second-order valence-corrected chi connectivity index (χ2v) is 7.37. The Morgan fingerprint density at radius 3 is 2.92 bits per heavy atom. The summed E-state index contributed by atoms with van der Waals surface area (Å²) in [6.45, 7) is 2.02. The first-order valence-corrected chi connectivity index (χ1v) is 9.19. The van der Waals surface area contributed by atoms with E-state index in [9.17, 15) is 13.2 Å². The molecule has 2 aliphatic rings. The molecule has 1 aromatic rings. The Kier molecular flexibility index (Phi) is 4.28. The highest BCUT2D eigenvalue weighted by Gasteiger charge is 2.38. The molecule has 1 fully saturated rings. The fourth-order valence-corrected chi connectivity index (χ4v) is 4.22. The average Bonchev–Trinajstić information content (AvgIpc) is 2.86. The predicted molar refractivity (Wildman–Crippen MR) is 85.7 cm³/mol. The maximum absolute atomic E-state index is 12.4. The van der Waals surface area contributed by atoms with Gasteiger partial charge in [-0.3, -0.25) is 0 Å². The lowest BCUT2D eigenvalue weighted by molar-refractivity contribution is -0.151. The Morgan fingerprint density at radius 2 is 2.17 bits per heavy atom. The largest absolute Gasteiger partial charge is 0.446 e. The molecule has 0 spiro atoms. The van der Waals surface area contributed by atoms with E-state index in [0.717, 1.165) is 12.8 Å². The summed E-state index contributed by atoms with van der Waals surface area (Å²) in [5.74, 6) is -0.231. The zero-order valence-corrected chi connectivity index (χ0v) is 14.0. The lowest BCUT2D eigenvalue weighted by Crippen LogP contribution is -2.49. The molecular formula is C16H17N3O4S. The maximum Gasteiger partial charge on any atom is 0.330 e. The van der Waals surface area contributed by atoms with Crippen LogP contribution in [-0.4, -0.2) is 43.8 Å². The van der Waals surface area contributed by atoms with E-state index in [1.165, 1.54) is 13.0 Å². The summed E-state index contributed by atoms with van der Waals surface area (Å²) in [6.07, 6.45) is 1.36. The van der Waals surface area contributed by atoms with E-state index in [1.807, 2.05) is 6.07 Å². The van der Waals surface area contributed by atoms with Crippen LogP contribution in [0.2, 0.25) is 0 Å². The van der Waals surface area contributed by atoms with E-state index in [2.05, 4.69) is 4.40 Å². The van der Waals surface area contributed by atoms with Crippen LogP contribution in [0.25, 0.3) is 0 Å². The molecule has 1 saturated heterocycles. The number of fused-ring (bicyclic) bond motifs is 1. The average molecular weight is 347 g/mol. The molecular weight excluding hydrogens is 330 g/mol. The number of esters is 1. The summed E-state index contributed by atoms with van der Waals surface area (Å²) in [4.78, 5) is 14.2. The van der Waals surface area contributed by atoms with Gasteiger partial charge in [-0.25, -0.2) is 4.79 Å². The summed E-state index contributed by atoms with van der Waals surface area (Å²) in [5.41, 5.74) is 0.505. The molecule has 0 unspecified atom stereocenters. The molecule has 1 aromatic carbocycles. The van der Waals surface area contributed by atoms with Crippen molar-refractivity contribution in [2.24, 2.45) is 4.40 Å². The topological polar surface area (TPSA) is 99.8 Å². The van der Waals surface area contributed by atoms with Crippen molar-refractivity contribution in [1.29, 1.82) is 5.26 Å². The number of benzene rings is 1. The standard InChI is InChI=1S/C16H17N3O4S/c1-11(10-17)23-16(20)13-7-4-5-9-19(13)15-12-6-2-3-8-14(12)24(21,22)18-15/h2-3,6,8,11,13H,4-5,7,9H2,1H3/t11-,13+/m0/s1. The summed E-state index contributed by atoms with van der Waals surface area (Å²) in [7, 11) is -3.74. The van der Waals surface area contributed by atoms with E-state index >= 15 is 0 Å². The molecule has 2 aliphatic heterocycles. The van der Waals surface area contributed by atoms with Crippen LogP contribution in [0.15, 0.2) is 33.6 Å². The number of carbonyl (C=O) groups is 1. The van der Waals surface area contributed by atoms with Gasteiger partial charge in [-0.2, -0.15) is 13.7 Å². The molecule has 0 bridgehead atoms. The van der Waals surface area contributed by atoms with Crippen LogP contribution in [-0.2, 0) is 19.6 Å². The molecule has 24 heavy (non-hydrogen) atoms. The lowest BCUT2D eigenvalue weighted by atomic mass is 10.0. The van der Waals surface area contributed by atoms with Crippen LogP contribution in [0.3, 0.4) is 0 Å². The lowest BCUT2D eigenvalue weighted by Gasteiger charge is -2.35. The Labute approximate surface area is 140 Å². The number of nitrogens with zero attached hydrogens (tertiary/aromatic N) is 3. The van der Waals surface area contributed by atoms with Crippen molar-refractivity contribution < 1.29 is 17.9 Å². The number of carbonyl (C=O) groups excluding carboxylic acids is 1. The molecule has 126 valence electrons. The monoisotopic (exact) mass is 347 g/mol. The number of amidine groups is 1. The first-order chi connectivity index (χ1) is 11.4. The predicted octanol–water partition coefficient (Wildman–Crippen LogP) is 1.45. The number of likely N-dealkylation sites (tertiary alicyclic amines) is 1. The highest BCUT2D eigenvalue weighted by Crippen LogP contribution is 2.31. The fourth-order valence-electron chi connectivity index (χ4n) is 3.00. The fraction of sp³-hybridized carbons (Fsp3) is 0.438. The minimum atomic E-state index is -3.74. The number of nitriles is 1. The maximum atomic E-state index is 12.4. The minimum absolute atomic E-state index is 0.156. The van der Waals surface area contributed by atoms with Gasteiger partial charge in [-0.05, 0) is 38.3 Å². The van der Waals surface area contributed by atoms with Crippen molar-refractivity contribution in [1.82, 2.24) is 4.90 Å². The Hall–Kier alpha value is -2.40. The molecule has 2 heterocycles. The van der Waals surface area contributed by atoms with Crippen molar-refractivity contribution in [2.75, 3.05) is 6.54 Å². The molecule has 0 N–H and O–H groups in total. The van der Waals surface area contributed by atoms with E-state index in [-0.39, 0.29) is 10.7 Å². The normalized spacial score (nSPS) is 22.9. The third kappa shape index (κ3) is 2.87. The van der Waals surface area contributed by atoms with Gasteiger partial charge < -0.3 is 9.64 Å². The summed E-state index contributed by atoms with van der Waals surface area (Å²) in [5, 5.41) is 8.81. The van der Waals surface area contributed by atoms with Crippen LogP contribution in [0.5, 0.6) is 0 Å². The van der Waals surface area contributed by atoms with E-state index in [0.29, 0.717) is 18.5 Å². The van der Waals surface area contributed by atoms with E-state index in [4.69, 9.17) is 10.00 Å². The zero-order chi connectivity index (χ0) is 17.3. The van der Waals surface area contributed by atoms with Crippen molar-refractivity contribution in [3.63, 3.8) is 0 Å². The third-order valence-electron chi connectivity index (χ3n) is 4.13. The van der Waals surface area contributed by atoms with Crippen molar-refractivity contribution >= 4 is 21.8 Å². The Balaban J connectivity index is 1.95.